The van der Waals surface area contributed by atoms with E-state index in [9.17, 15) is 0 Å². The summed E-state index contributed by atoms with van der Waals surface area (Å²) in [6.07, 6.45) is 0.885. The highest BCUT2D eigenvalue weighted by Gasteiger charge is 2.13. The Morgan fingerprint density at radius 2 is 2.19 bits per heavy atom. The maximum absolute atomic E-state index is 7.61. The number of benzene rings is 1. The van der Waals surface area contributed by atoms with Crippen LogP contribution in [0.3, 0.4) is 0 Å². The lowest BCUT2D eigenvalue weighted by Gasteiger charge is -2.12. The molecule has 21 heavy (non-hydrogen) atoms. The number of hydrogen-bond acceptors (Lipinski definition) is 3. The highest BCUT2D eigenvalue weighted by molar-refractivity contribution is 6.34. The van der Waals surface area contributed by atoms with E-state index in [1.54, 1.807) is 18.2 Å². The van der Waals surface area contributed by atoms with Gasteiger partial charge >= 0.3 is 0 Å². The number of rotatable bonds is 6. The van der Waals surface area contributed by atoms with Gasteiger partial charge in [0.1, 0.15) is 18.2 Å². The van der Waals surface area contributed by atoms with Crippen LogP contribution in [0, 0.1) is 5.41 Å². The lowest BCUT2D eigenvalue weighted by atomic mass is 10.2. The molecular weight excluding hydrogens is 288 g/mol. The van der Waals surface area contributed by atoms with Crippen molar-refractivity contribution in [1.82, 2.24) is 9.78 Å². The molecule has 0 saturated heterocycles. The molecule has 0 aliphatic carbocycles. The largest absolute Gasteiger partial charge is 0.486 e. The van der Waals surface area contributed by atoms with Crippen LogP contribution < -0.4 is 10.5 Å². The molecule has 3 N–H and O–H groups in total. The number of ether oxygens (including phenoxy) is 1. The average molecular weight is 307 g/mol. The molecule has 1 heterocycles. The van der Waals surface area contributed by atoms with Gasteiger partial charge in [0.25, 0.3) is 0 Å². The van der Waals surface area contributed by atoms with Crippen molar-refractivity contribution in [1.29, 1.82) is 5.41 Å². The third-order valence-electron chi connectivity index (χ3n) is 3.20. The summed E-state index contributed by atoms with van der Waals surface area (Å²) in [7, 11) is 0. The highest BCUT2D eigenvalue weighted by Crippen LogP contribution is 2.26. The number of nitrogen functional groups attached to an aromatic ring is 1. The van der Waals surface area contributed by atoms with E-state index in [2.05, 4.69) is 12.0 Å². The van der Waals surface area contributed by atoms with Crippen molar-refractivity contribution < 1.29 is 4.74 Å². The van der Waals surface area contributed by atoms with Gasteiger partial charge in [-0.3, -0.25) is 10.1 Å². The Morgan fingerprint density at radius 1 is 1.43 bits per heavy atom. The SMILES string of the molecule is CCc1cc(COc2cccc(Cl)c2C(=N)N)n(CC)n1. The second-order valence-corrected chi connectivity index (χ2v) is 5.02. The topological polar surface area (TPSA) is 76.9 Å². The molecule has 0 saturated carbocycles. The van der Waals surface area contributed by atoms with Crippen molar-refractivity contribution in [2.75, 3.05) is 0 Å². The summed E-state index contributed by atoms with van der Waals surface area (Å²) < 4.78 is 7.71. The van der Waals surface area contributed by atoms with Crippen LogP contribution in [0.2, 0.25) is 5.02 Å². The molecule has 0 atom stereocenters. The summed E-state index contributed by atoms with van der Waals surface area (Å²) in [4.78, 5) is 0. The van der Waals surface area contributed by atoms with Crippen LogP contribution in [-0.2, 0) is 19.6 Å². The number of nitrogens with one attached hydrogen (secondary N) is 1. The van der Waals surface area contributed by atoms with Crippen LogP contribution in [0.1, 0.15) is 30.8 Å². The van der Waals surface area contributed by atoms with Gasteiger partial charge in [-0.25, -0.2) is 0 Å². The van der Waals surface area contributed by atoms with Crippen LogP contribution in [-0.4, -0.2) is 15.6 Å². The number of aryl methyl sites for hydroxylation is 2. The summed E-state index contributed by atoms with van der Waals surface area (Å²) in [5.41, 5.74) is 8.02. The lowest BCUT2D eigenvalue weighted by Crippen LogP contribution is -2.14. The van der Waals surface area contributed by atoms with Gasteiger partial charge in [0.15, 0.2) is 0 Å². The normalized spacial score (nSPS) is 10.6. The molecule has 0 amide bonds. The molecule has 0 fully saturated rings. The van der Waals surface area contributed by atoms with Gasteiger partial charge in [0, 0.05) is 6.54 Å². The van der Waals surface area contributed by atoms with Crippen LogP contribution in [0.5, 0.6) is 5.75 Å². The molecule has 0 radical (unpaired) electrons. The molecule has 0 spiro atoms. The predicted molar refractivity (Wildman–Crippen MR) is 84.1 cm³/mol. The monoisotopic (exact) mass is 306 g/mol. The van der Waals surface area contributed by atoms with E-state index in [0.717, 1.165) is 24.4 Å². The third kappa shape index (κ3) is 3.36. The van der Waals surface area contributed by atoms with Crippen molar-refractivity contribution in [2.24, 2.45) is 5.73 Å². The number of hydrogen-bond donors (Lipinski definition) is 2. The molecular formula is C15H19ClN4O. The minimum atomic E-state index is -0.103. The fraction of sp³-hybridized carbons (Fsp3) is 0.333. The van der Waals surface area contributed by atoms with Crippen LogP contribution in [0.15, 0.2) is 24.3 Å². The molecule has 6 heteroatoms. The zero-order valence-corrected chi connectivity index (χ0v) is 12.9. The van der Waals surface area contributed by atoms with Gasteiger partial charge in [0.2, 0.25) is 0 Å². The standard InChI is InChI=1S/C15H19ClN4O/c1-3-10-8-11(20(4-2)19-10)9-21-13-7-5-6-12(16)14(13)15(17)18/h5-8H,3-4,9H2,1-2H3,(H3,17,18). The van der Waals surface area contributed by atoms with Crippen LogP contribution in [0.4, 0.5) is 0 Å². The van der Waals surface area contributed by atoms with Crippen molar-refractivity contribution in [3.63, 3.8) is 0 Å². The molecule has 0 aliphatic rings. The Hall–Kier alpha value is -2.01. The van der Waals surface area contributed by atoms with Gasteiger partial charge in [-0.05, 0) is 31.5 Å². The third-order valence-corrected chi connectivity index (χ3v) is 3.51. The Kier molecular flexibility index (Phi) is 4.85. The van der Waals surface area contributed by atoms with Gasteiger partial charge < -0.3 is 10.5 Å². The second kappa shape index (κ2) is 6.63. The van der Waals surface area contributed by atoms with E-state index in [1.165, 1.54) is 0 Å². The second-order valence-electron chi connectivity index (χ2n) is 4.61. The zero-order chi connectivity index (χ0) is 15.4. The molecule has 5 nitrogen and oxygen atoms in total. The van der Waals surface area contributed by atoms with E-state index in [1.807, 2.05) is 17.7 Å². The summed E-state index contributed by atoms with van der Waals surface area (Å²) >= 11 is 6.07. The Morgan fingerprint density at radius 3 is 2.81 bits per heavy atom. The maximum Gasteiger partial charge on any atom is 0.132 e. The van der Waals surface area contributed by atoms with E-state index in [0.29, 0.717) is 22.9 Å². The first-order chi connectivity index (χ1) is 10.1. The zero-order valence-electron chi connectivity index (χ0n) is 12.2. The minimum Gasteiger partial charge on any atom is -0.486 e. The van der Waals surface area contributed by atoms with Crippen molar-refractivity contribution in [2.45, 2.75) is 33.4 Å². The van der Waals surface area contributed by atoms with E-state index in [4.69, 9.17) is 27.5 Å². The fourth-order valence-electron chi connectivity index (χ4n) is 2.12. The molecule has 0 aliphatic heterocycles. The fourth-order valence-corrected chi connectivity index (χ4v) is 2.38. The van der Waals surface area contributed by atoms with E-state index >= 15 is 0 Å². The Labute approximate surface area is 129 Å². The maximum atomic E-state index is 7.61. The first kappa shape index (κ1) is 15.4. The molecule has 112 valence electrons. The number of amidine groups is 1. The predicted octanol–water partition coefficient (Wildman–Crippen LogP) is 2.98. The highest BCUT2D eigenvalue weighted by atomic mass is 35.5. The first-order valence-corrected chi connectivity index (χ1v) is 7.25. The number of nitrogens with two attached hydrogens (primary N) is 1. The lowest BCUT2D eigenvalue weighted by molar-refractivity contribution is 0.292. The van der Waals surface area contributed by atoms with Crippen LogP contribution in [0.25, 0.3) is 0 Å². The molecule has 1 aromatic carbocycles. The quantitative estimate of drug-likeness (QED) is 0.636. The molecule has 0 bridgehead atoms. The van der Waals surface area contributed by atoms with Gasteiger partial charge in [-0.1, -0.05) is 24.6 Å². The average Bonchev–Trinajstić information content (AvgIpc) is 2.87. The minimum absolute atomic E-state index is 0.103. The first-order valence-electron chi connectivity index (χ1n) is 6.88. The summed E-state index contributed by atoms with van der Waals surface area (Å²) in [6, 6.07) is 7.26. The molecule has 1 aromatic heterocycles. The number of aromatic nitrogens is 2. The van der Waals surface area contributed by atoms with Crippen molar-refractivity contribution in [3.8, 4) is 5.75 Å². The molecule has 2 aromatic rings. The Bertz CT molecular complexity index is 651. The summed E-state index contributed by atoms with van der Waals surface area (Å²) in [5, 5.41) is 12.5. The summed E-state index contributed by atoms with van der Waals surface area (Å²) in [5.74, 6) is 0.408. The smallest absolute Gasteiger partial charge is 0.132 e. The van der Waals surface area contributed by atoms with Gasteiger partial charge in [0.05, 0.1) is 22.0 Å². The summed E-state index contributed by atoms with van der Waals surface area (Å²) in [6.45, 7) is 5.25. The van der Waals surface area contributed by atoms with Gasteiger partial charge in [-0.2, -0.15) is 5.10 Å². The van der Waals surface area contributed by atoms with Crippen molar-refractivity contribution in [3.05, 3.63) is 46.2 Å². The number of nitrogens with zero attached hydrogens (tertiary/aromatic N) is 2. The molecule has 0 unspecified atom stereocenters. The van der Waals surface area contributed by atoms with Crippen molar-refractivity contribution >= 4 is 17.4 Å². The Balaban J connectivity index is 2.22. The van der Waals surface area contributed by atoms with Gasteiger partial charge in [-0.15, -0.1) is 0 Å². The molecule has 2 rings (SSSR count). The number of halogens is 1. The van der Waals surface area contributed by atoms with E-state index < -0.39 is 0 Å². The van der Waals surface area contributed by atoms with Crippen LogP contribution >= 0.6 is 11.6 Å². The van der Waals surface area contributed by atoms with E-state index in [-0.39, 0.29) is 5.84 Å².